The first-order valence-electron chi connectivity index (χ1n) is 7.70. The minimum absolute atomic E-state index is 0.219. The van der Waals surface area contributed by atoms with E-state index >= 15 is 0 Å². The van der Waals surface area contributed by atoms with Gasteiger partial charge < -0.3 is 5.21 Å². The highest BCUT2D eigenvalue weighted by Crippen LogP contribution is 2.31. The molecule has 0 bridgehead atoms. The zero-order valence-corrected chi connectivity index (χ0v) is 13.0. The first kappa shape index (κ1) is 16.1. The number of benzene rings is 2. The molecule has 1 fully saturated rings. The summed E-state index contributed by atoms with van der Waals surface area (Å²) in [7, 11) is 0. The molecule has 0 unspecified atom stereocenters. The van der Waals surface area contributed by atoms with Crippen LogP contribution in [0.1, 0.15) is 22.6 Å². The van der Waals surface area contributed by atoms with E-state index in [-0.39, 0.29) is 12.0 Å². The Morgan fingerprint density at radius 1 is 1.13 bits per heavy atom. The molecule has 0 radical (unpaired) electrons. The third-order valence-corrected chi connectivity index (χ3v) is 4.49. The summed E-state index contributed by atoms with van der Waals surface area (Å²) in [5.74, 6) is -1.32. The van der Waals surface area contributed by atoms with Crippen LogP contribution in [0.2, 0.25) is 0 Å². The van der Waals surface area contributed by atoms with Crippen molar-refractivity contribution in [2.45, 2.75) is 25.4 Å². The Balaban J connectivity index is 1.81. The Morgan fingerprint density at radius 3 is 2.57 bits per heavy atom. The topological polar surface area (TPSA) is 35.5 Å². The summed E-state index contributed by atoms with van der Waals surface area (Å²) in [6, 6.07) is 12.2. The molecular formula is C18H20F2N2O. The van der Waals surface area contributed by atoms with E-state index in [1.54, 1.807) is 13.0 Å². The minimum Gasteiger partial charge on any atom is -0.316 e. The maximum Gasteiger partial charge on any atom is 0.129 e. The van der Waals surface area contributed by atoms with Crippen LogP contribution in [-0.4, -0.2) is 29.2 Å². The van der Waals surface area contributed by atoms with E-state index in [0.29, 0.717) is 24.2 Å². The fourth-order valence-electron chi connectivity index (χ4n) is 3.27. The van der Waals surface area contributed by atoms with Crippen LogP contribution >= 0.6 is 0 Å². The first-order valence-corrected chi connectivity index (χ1v) is 7.70. The molecule has 3 rings (SSSR count). The lowest BCUT2D eigenvalue weighted by atomic mass is 9.93. The van der Waals surface area contributed by atoms with Crippen LogP contribution in [0.25, 0.3) is 0 Å². The van der Waals surface area contributed by atoms with Crippen molar-refractivity contribution in [1.29, 1.82) is 0 Å². The monoisotopic (exact) mass is 318 g/mol. The molecular weight excluding hydrogens is 298 g/mol. The van der Waals surface area contributed by atoms with Crippen molar-refractivity contribution in [3.8, 4) is 0 Å². The molecule has 122 valence electrons. The lowest BCUT2D eigenvalue weighted by Crippen LogP contribution is -2.33. The molecule has 3 nitrogen and oxygen atoms in total. The van der Waals surface area contributed by atoms with Crippen LogP contribution in [-0.2, 0) is 6.54 Å². The van der Waals surface area contributed by atoms with Gasteiger partial charge in [-0.2, -0.15) is 0 Å². The first-order chi connectivity index (χ1) is 11.1. The highest BCUT2D eigenvalue weighted by atomic mass is 19.1. The lowest BCUT2D eigenvalue weighted by Gasteiger charge is -2.18. The third kappa shape index (κ3) is 3.42. The van der Waals surface area contributed by atoms with Crippen LogP contribution in [0.3, 0.4) is 0 Å². The Hall–Kier alpha value is -1.82. The quantitative estimate of drug-likeness (QED) is 0.850. The van der Waals surface area contributed by atoms with E-state index in [2.05, 4.69) is 10.4 Å². The normalized spacial score (nSPS) is 21.7. The van der Waals surface area contributed by atoms with Gasteiger partial charge in [0.25, 0.3) is 0 Å². The number of aryl methyl sites for hydroxylation is 1. The van der Waals surface area contributed by atoms with Crippen LogP contribution in [0.15, 0.2) is 42.5 Å². The van der Waals surface area contributed by atoms with Crippen LogP contribution < -0.4 is 5.48 Å². The highest BCUT2D eigenvalue weighted by molar-refractivity contribution is 5.31. The fraction of sp³-hybridized carbons (Fsp3) is 0.333. The molecule has 2 atom stereocenters. The van der Waals surface area contributed by atoms with Crippen molar-refractivity contribution in [2.24, 2.45) is 0 Å². The molecule has 0 aromatic heterocycles. The number of hydroxylamine groups is 1. The molecule has 2 N–H and O–H groups in total. The van der Waals surface area contributed by atoms with E-state index < -0.39 is 11.6 Å². The standard InChI is InChI=1S/C18H20F2N2O/c1-12-7-14(17(20)8-16(12)19)15-10-22(11-18(15)21-23)9-13-5-3-2-4-6-13/h2-8,15,18,21,23H,9-11H2,1H3/t15-,18+/m1/s1. The number of nitrogens with zero attached hydrogens (tertiary/aromatic N) is 1. The van der Waals surface area contributed by atoms with Gasteiger partial charge in [0.15, 0.2) is 0 Å². The third-order valence-electron chi connectivity index (χ3n) is 4.49. The number of hydrogen-bond donors (Lipinski definition) is 2. The summed E-state index contributed by atoms with van der Waals surface area (Å²) in [4.78, 5) is 2.16. The SMILES string of the molecule is Cc1cc([C@H]2CN(Cc3ccccc3)C[C@@H]2NO)c(F)cc1F. The molecule has 0 saturated carbocycles. The Kier molecular flexibility index (Phi) is 4.71. The lowest BCUT2D eigenvalue weighted by molar-refractivity contribution is 0.121. The smallest absolute Gasteiger partial charge is 0.129 e. The molecule has 1 saturated heterocycles. The van der Waals surface area contributed by atoms with Gasteiger partial charge in [0.1, 0.15) is 11.6 Å². The van der Waals surface area contributed by atoms with Crippen molar-refractivity contribution in [2.75, 3.05) is 13.1 Å². The summed E-state index contributed by atoms with van der Waals surface area (Å²) in [5.41, 5.74) is 4.32. The predicted molar refractivity (Wildman–Crippen MR) is 84.3 cm³/mol. The zero-order chi connectivity index (χ0) is 16.4. The number of rotatable bonds is 4. The Labute approximate surface area is 134 Å². The van der Waals surface area contributed by atoms with Gasteiger partial charge in [-0.25, -0.2) is 14.3 Å². The van der Waals surface area contributed by atoms with Gasteiger partial charge in [-0.15, -0.1) is 0 Å². The summed E-state index contributed by atoms with van der Waals surface area (Å²) in [5, 5.41) is 9.42. The molecule has 23 heavy (non-hydrogen) atoms. The number of likely N-dealkylation sites (tertiary alicyclic amines) is 1. The number of hydrogen-bond acceptors (Lipinski definition) is 3. The summed E-state index contributed by atoms with van der Waals surface area (Å²) < 4.78 is 27.7. The second-order valence-electron chi connectivity index (χ2n) is 6.14. The van der Waals surface area contributed by atoms with Gasteiger partial charge in [-0.3, -0.25) is 4.90 Å². The molecule has 2 aromatic carbocycles. The maximum atomic E-state index is 14.2. The summed E-state index contributed by atoms with van der Waals surface area (Å²) in [6.07, 6.45) is 0. The summed E-state index contributed by atoms with van der Waals surface area (Å²) in [6.45, 7) is 3.56. The second-order valence-corrected chi connectivity index (χ2v) is 6.14. The zero-order valence-electron chi connectivity index (χ0n) is 13.0. The average molecular weight is 318 g/mol. The van der Waals surface area contributed by atoms with Crippen LogP contribution in [0, 0.1) is 18.6 Å². The highest BCUT2D eigenvalue weighted by Gasteiger charge is 2.35. The molecule has 0 amide bonds. The molecule has 1 aliphatic heterocycles. The van der Waals surface area contributed by atoms with Crippen molar-refractivity contribution in [3.05, 3.63) is 70.8 Å². The van der Waals surface area contributed by atoms with E-state index in [0.717, 1.165) is 12.6 Å². The van der Waals surface area contributed by atoms with Crippen LogP contribution in [0.4, 0.5) is 8.78 Å². The predicted octanol–water partition coefficient (Wildman–Crippen LogP) is 3.22. The van der Waals surface area contributed by atoms with E-state index in [4.69, 9.17) is 0 Å². The summed E-state index contributed by atoms with van der Waals surface area (Å²) >= 11 is 0. The number of nitrogens with one attached hydrogen (secondary N) is 1. The largest absolute Gasteiger partial charge is 0.316 e. The van der Waals surface area contributed by atoms with E-state index in [1.807, 2.05) is 30.3 Å². The maximum absolute atomic E-state index is 14.2. The van der Waals surface area contributed by atoms with Gasteiger partial charge in [-0.05, 0) is 29.7 Å². The minimum atomic E-state index is -0.556. The van der Waals surface area contributed by atoms with Gasteiger partial charge >= 0.3 is 0 Å². The average Bonchev–Trinajstić information content (AvgIpc) is 2.94. The van der Waals surface area contributed by atoms with Gasteiger partial charge in [0.2, 0.25) is 0 Å². The fourth-order valence-corrected chi connectivity index (χ4v) is 3.27. The van der Waals surface area contributed by atoms with Gasteiger partial charge in [-0.1, -0.05) is 30.3 Å². The molecule has 1 heterocycles. The van der Waals surface area contributed by atoms with Crippen molar-refractivity contribution < 1.29 is 14.0 Å². The van der Waals surface area contributed by atoms with Gasteiger partial charge in [0, 0.05) is 31.6 Å². The van der Waals surface area contributed by atoms with Crippen molar-refractivity contribution >= 4 is 0 Å². The molecule has 1 aliphatic rings. The van der Waals surface area contributed by atoms with Crippen molar-refractivity contribution in [3.63, 3.8) is 0 Å². The van der Waals surface area contributed by atoms with E-state index in [9.17, 15) is 14.0 Å². The molecule has 0 aliphatic carbocycles. The van der Waals surface area contributed by atoms with E-state index in [1.165, 1.54) is 5.56 Å². The number of halogens is 2. The van der Waals surface area contributed by atoms with Crippen molar-refractivity contribution in [1.82, 2.24) is 10.4 Å². The van der Waals surface area contributed by atoms with Crippen LogP contribution in [0.5, 0.6) is 0 Å². The van der Waals surface area contributed by atoms with Gasteiger partial charge in [0.05, 0.1) is 6.04 Å². The second kappa shape index (κ2) is 6.74. The molecule has 5 heteroatoms. The molecule has 2 aromatic rings. The molecule has 0 spiro atoms. The Morgan fingerprint density at radius 2 is 1.87 bits per heavy atom. The Bertz CT molecular complexity index is 678.